The molecule has 0 aliphatic carbocycles. The monoisotopic (exact) mass is 247 g/mol. The first kappa shape index (κ1) is 14.0. The Kier molecular flexibility index (Phi) is 3.92. The lowest BCUT2D eigenvalue weighted by Crippen LogP contribution is -2.40. The summed E-state index contributed by atoms with van der Waals surface area (Å²) < 4.78 is 0. The average molecular weight is 247 g/mol. The van der Waals surface area contributed by atoms with Gasteiger partial charge in [0, 0.05) is 24.3 Å². The molecule has 0 radical (unpaired) electrons. The van der Waals surface area contributed by atoms with Crippen LogP contribution in [0.15, 0.2) is 18.2 Å². The van der Waals surface area contributed by atoms with E-state index in [9.17, 15) is 10.1 Å². The van der Waals surface area contributed by atoms with Gasteiger partial charge in [-0.3, -0.25) is 10.1 Å². The van der Waals surface area contributed by atoms with E-state index in [1.807, 2.05) is 18.0 Å². The molecule has 0 atom stereocenters. The zero-order chi connectivity index (χ0) is 13.9. The quantitative estimate of drug-likeness (QED) is 0.605. The SMILES string of the molecule is CCC(C)(C)N(C)c1ccc(C#N)c([N+](=O)[O-])c1. The summed E-state index contributed by atoms with van der Waals surface area (Å²) in [5.74, 6) is 0. The molecule has 0 fully saturated rings. The molecule has 1 aromatic rings. The van der Waals surface area contributed by atoms with Crippen LogP contribution in [-0.2, 0) is 0 Å². The summed E-state index contributed by atoms with van der Waals surface area (Å²) in [6.07, 6.45) is 0.914. The van der Waals surface area contributed by atoms with E-state index >= 15 is 0 Å². The van der Waals surface area contributed by atoms with Crippen molar-refractivity contribution >= 4 is 11.4 Å². The van der Waals surface area contributed by atoms with Gasteiger partial charge in [-0.15, -0.1) is 0 Å². The lowest BCUT2D eigenvalue weighted by molar-refractivity contribution is -0.385. The minimum atomic E-state index is -0.519. The Morgan fingerprint density at radius 2 is 2.11 bits per heavy atom. The van der Waals surface area contributed by atoms with Gasteiger partial charge in [-0.25, -0.2) is 0 Å². The fraction of sp³-hybridized carbons (Fsp3) is 0.462. The molecule has 0 saturated heterocycles. The molecule has 5 nitrogen and oxygen atoms in total. The third kappa shape index (κ3) is 2.59. The predicted molar refractivity (Wildman–Crippen MR) is 70.6 cm³/mol. The van der Waals surface area contributed by atoms with Crippen LogP contribution in [0.1, 0.15) is 32.8 Å². The van der Waals surface area contributed by atoms with E-state index < -0.39 is 4.92 Å². The van der Waals surface area contributed by atoms with Crippen molar-refractivity contribution in [2.24, 2.45) is 0 Å². The Balaban J connectivity index is 3.25. The Labute approximate surface area is 107 Å². The van der Waals surface area contributed by atoms with E-state index in [2.05, 4.69) is 20.8 Å². The van der Waals surface area contributed by atoms with Crippen molar-refractivity contribution in [1.29, 1.82) is 5.26 Å². The Bertz CT molecular complexity index is 503. The van der Waals surface area contributed by atoms with Crippen LogP contribution < -0.4 is 4.90 Å². The number of nitro groups is 1. The first-order valence-corrected chi connectivity index (χ1v) is 5.76. The second-order valence-electron chi connectivity index (χ2n) is 4.80. The molecule has 96 valence electrons. The highest BCUT2D eigenvalue weighted by Crippen LogP contribution is 2.29. The van der Waals surface area contributed by atoms with Crippen molar-refractivity contribution < 1.29 is 4.92 Å². The fourth-order valence-corrected chi connectivity index (χ4v) is 1.56. The summed E-state index contributed by atoms with van der Waals surface area (Å²) in [5.41, 5.74) is 0.593. The Morgan fingerprint density at radius 1 is 1.50 bits per heavy atom. The predicted octanol–water partition coefficient (Wildman–Crippen LogP) is 3.09. The van der Waals surface area contributed by atoms with E-state index in [4.69, 9.17) is 5.26 Å². The fourth-order valence-electron chi connectivity index (χ4n) is 1.56. The highest BCUT2D eigenvalue weighted by Gasteiger charge is 2.24. The van der Waals surface area contributed by atoms with Gasteiger partial charge in [0.2, 0.25) is 0 Å². The van der Waals surface area contributed by atoms with Crippen LogP contribution in [0.2, 0.25) is 0 Å². The van der Waals surface area contributed by atoms with Gasteiger partial charge in [-0.2, -0.15) is 5.26 Å². The van der Waals surface area contributed by atoms with Gasteiger partial charge >= 0.3 is 0 Å². The number of benzene rings is 1. The summed E-state index contributed by atoms with van der Waals surface area (Å²) in [6, 6.07) is 6.52. The number of rotatable bonds is 4. The minimum absolute atomic E-state index is 0.0893. The van der Waals surface area contributed by atoms with Gasteiger partial charge in [0.15, 0.2) is 0 Å². The van der Waals surface area contributed by atoms with Crippen molar-refractivity contribution in [1.82, 2.24) is 0 Å². The molecule has 0 N–H and O–H groups in total. The first-order chi connectivity index (χ1) is 8.33. The standard InChI is InChI=1S/C13H17N3O2/c1-5-13(2,3)15(4)11-7-6-10(9-14)12(8-11)16(17)18/h6-8H,5H2,1-4H3. The van der Waals surface area contributed by atoms with Crippen LogP contribution in [0, 0.1) is 21.4 Å². The lowest BCUT2D eigenvalue weighted by atomic mass is 9.99. The van der Waals surface area contributed by atoms with Crippen LogP contribution in [0.3, 0.4) is 0 Å². The number of nitro benzene ring substituents is 1. The molecule has 0 unspecified atom stereocenters. The van der Waals surface area contributed by atoms with Gasteiger partial charge in [0.05, 0.1) is 4.92 Å². The highest BCUT2D eigenvalue weighted by molar-refractivity contribution is 5.60. The molecule has 0 spiro atoms. The Morgan fingerprint density at radius 3 is 2.56 bits per heavy atom. The van der Waals surface area contributed by atoms with E-state index in [1.54, 1.807) is 6.07 Å². The van der Waals surface area contributed by atoms with Crippen LogP contribution in [0.5, 0.6) is 0 Å². The molecular formula is C13H17N3O2. The van der Waals surface area contributed by atoms with Gasteiger partial charge in [0.25, 0.3) is 5.69 Å². The van der Waals surface area contributed by atoms with Crippen molar-refractivity contribution in [2.45, 2.75) is 32.7 Å². The maximum absolute atomic E-state index is 10.9. The van der Waals surface area contributed by atoms with E-state index in [-0.39, 0.29) is 16.8 Å². The normalized spacial score (nSPS) is 10.8. The minimum Gasteiger partial charge on any atom is -0.369 e. The first-order valence-electron chi connectivity index (χ1n) is 5.76. The molecule has 0 amide bonds. The maximum Gasteiger partial charge on any atom is 0.289 e. The third-order valence-corrected chi connectivity index (χ3v) is 3.46. The van der Waals surface area contributed by atoms with Gasteiger partial charge in [0.1, 0.15) is 11.6 Å². The molecule has 0 aromatic heterocycles. The van der Waals surface area contributed by atoms with Gasteiger partial charge in [-0.1, -0.05) is 6.92 Å². The summed E-state index contributed by atoms with van der Waals surface area (Å²) in [4.78, 5) is 12.4. The van der Waals surface area contributed by atoms with Crippen LogP contribution in [0.25, 0.3) is 0 Å². The average Bonchev–Trinajstić information content (AvgIpc) is 2.36. The molecule has 0 bridgehead atoms. The summed E-state index contributed by atoms with van der Waals surface area (Å²) in [6.45, 7) is 6.20. The zero-order valence-corrected chi connectivity index (χ0v) is 11.1. The topological polar surface area (TPSA) is 70.2 Å². The molecule has 1 rings (SSSR count). The van der Waals surface area contributed by atoms with Crippen molar-refractivity contribution in [3.8, 4) is 6.07 Å². The molecule has 5 heteroatoms. The molecular weight excluding hydrogens is 230 g/mol. The van der Waals surface area contributed by atoms with Crippen molar-refractivity contribution in [2.75, 3.05) is 11.9 Å². The maximum atomic E-state index is 10.9. The number of nitrogens with zero attached hydrogens (tertiary/aromatic N) is 3. The molecule has 0 saturated carbocycles. The summed E-state index contributed by atoms with van der Waals surface area (Å²) >= 11 is 0. The lowest BCUT2D eigenvalue weighted by Gasteiger charge is -2.36. The van der Waals surface area contributed by atoms with Gasteiger partial charge < -0.3 is 4.90 Å². The molecule has 1 aromatic carbocycles. The molecule has 0 aliphatic heterocycles. The van der Waals surface area contributed by atoms with E-state index in [1.165, 1.54) is 12.1 Å². The number of anilines is 1. The second-order valence-corrected chi connectivity index (χ2v) is 4.80. The molecule has 0 aliphatic rings. The number of hydrogen-bond acceptors (Lipinski definition) is 4. The Hall–Kier alpha value is -2.09. The summed E-state index contributed by atoms with van der Waals surface area (Å²) in [7, 11) is 1.90. The van der Waals surface area contributed by atoms with E-state index in [0.717, 1.165) is 12.1 Å². The van der Waals surface area contributed by atoms with Gasteiger partial charge in [-0.05, 0) is 32.4 Å². The number of hydrogen-bond donors (Lipinski definition) is 0. The van der Waals surface area contributed by atoms with Crippen LogP contribution >= 0.6 is 0 Å². The smallest absolute Gasteiger partial charge is 0.289 e. The number of nitriles is 1. The summed E-state index contributed by atoms with van der Waals surface area (Å²) in [5, 5.41) is 19.7. The van der Waals surface area contributed by atoms with Crippen LogP contribution in [0.4, 0.5) is 11.4 Å². The second kappa shape index (κ2) is 5.05. The van der Waals surface area contributed by atoms with E-state index in [0.29, 0.717) is 0 Å². The zero-order valence-electron chi connectivity index (χ0n) is 11.1. The third-order valence-electron chi connectivity index (χ3n) is 3.46. The van der Waals surface area contributed by atoms with Crippen molar-refractivity contribution in [3.05, 3.63) is 33.9 Å². The highest BCUT2D eigenvalue weighted by atomic mass is 16.6. The van der Waals surface area contributed by atoms with Crippen LogP contribution in [-0.4, -0.2) is 17.5 Å². The molecule has 0 heterocycles. The van der Waals surface area contributed by atoms with Crippen molar-refractivity contribution in [3.63, 3.8) is 0 Å². The largest absolute Gasteiger partial charge is 0.369 e. The molecule has 18 heavy (non-hydrogen) atoms.